The lowest BCUT2D eigenvalue weighted by Gasteiger charge is -2.23. The van der Waals surface area contributed by atoms with Crippen LogP contribution in [-0.4, -0.2) is 53.2 Å². The Balaban J connectivity index is 1.66. The molecule has 1 aromatic carbocycles. The van der Waals surface area contributed by atoms with Gasteiger partial charge in [0.25, 0.3) is 0 Å². The first-order valence-corrected chi connectivity index (χ1v) is 10.8. The average molecular weight is 451 g/mol. The number of aromatic nitrogens is 4. The summed E-state index contributed by atoms with van der Waals surface area (Å²) in [6, 6.07) is 1.57. The summed E-state index contributed by atoms with van der Waals surface area (Å²) in [5.74, 6) is -1.82. The Bertz CT molecular complexity index is 1400. The van der Waals surface area contributed by atoms with Crippen LogP contribution in [0.4, 0.5) is 20.2 Å². The van der Waals surface area contributed by atoms with Crippen LogP contribution in [0, 0.1) is 17.0 Å². The predicted molar refractivity (Wildman–Crippen MR) is 122 cm³/mol. The van der Waals surface area contributed by atoms with E-state index >= 15 is 4.39 Å². The minimum Gasteiger partial charge on any atom is -0.467 e. The fourth-order valence-electron chi connectivity index (χ4n) is 5.17. The van der Waals surface area contributed by atoms with Crippen LogP contribution in [0.5, 0.6) is 6.01 Å². The molecule has 0 bridgehead atoms. The van der Waals surface area contributed by atoms with Crippen molar-refractivity contribution in [2.24, 2.45) is 11.1 Å². The number of ether oxygens (including phenoxy) is 1. The van der Waals surface area contributed by atoms with Gasteiger partial charge in [0, 0.05) is 67.4 Å². The monoisotopic (exact) mass is 451 g/mol. The molecular weight excluding hydrogens is 428 g/mol. The van der Waals surface area contributed by atoms with E-state index in [4.69, 9.17) is 10.5 Å². The number of nitrogens with one attached hydrogen (secondary N) is 2. The highest BCUT2D eigenvalue weighted by atomic mass is 19.2. The van der Waals surface area contributed by atoms with Gasteiger partial charge < -0.3 is 25.7 Å². The van der Waals surface area contributed by atoms with E-state index in [1.807, 2.05) is 0 Å². The van der Waals surface area contributed by atoms with Crippen molar-refractivity contribution in [2.45, 2.75) is 18.9 Å². The van der Waals surface area contributed by atoms with Crippen LogP contribution < -0.4 is 20.7 Å². The SMILES string of the molecule is CNc1cc(F)c(F)c2c1[nH]c1ncc(-c3cnc(OC)nc3)c(N3CC[C@@]4(C[C@H]4N)C3)c12. The number of nitrogens with zero attached hydrogens (tertiary/aromatic N) is 4. The van der Waals surface area contributed by atoms with Crippen molar-refractivity contribution in [2.75, 3.05) is 37.5 Å². The Morgan fingerprint density at radius 3 is 2.61 bits per heavy atom. The zero-order valence-electron chi connectivity index (χ0n) is 18.2. The summed E-state index contributed by atoms with van der Waals surface area (Å²) in [5.41, 5.74) is 9.98. The number of nitrogens with two attached hydrogens (primary N) is 1. The van der Waals surface area contributed by atoms with Crippen molar-refractivity contribution in [1.82, 2.24) is 19.9 Å². The molecule has 2 atom stereocenters. The molecule has 10 heteroatoms. The van der Waals surface area contributed by atoms with E-state index in [0.717, 1.165) is 43.2 Å². The smallest absolute Gasteiger partial charge is 0.316 e. The van der Waals surface area contributed by atoms with Crippen molar-refractivity contribution in [3.63, 3.8) is 0 Å². The molecule has 1 aliphatic carbocycles. The molecule has 33 heavy (non-hydrogen) atoms. The molecule has 4 aromatic rings. The van der Waals surface area contributed by atoms with Crippen molar-refractivity contribution in [1.29, 1.82) is 0 Å². The highest BCUT2D eigenvalue weighted by Gasteiger charge is 2.55. The fraction of sp³-hybridized carbons (Fsp3) is 0.348. The normalized spacial score (nSPS) is 22.0. The van der Waals surface area contributed by atoms with Gasteiger partial charge in [-0.1, -0.05) is 0 Å². The van der Waals surface area contributed by atoms with Crippen LogP contribution in [0.25, 0.3) is 33.1 Å². The number of pyridine rings is 1. The Morgan fingerprint density at radius 1 is 1.21 bits per heavy atom. The molecule has 4 N–H and O–H groups in total. The molecule has 1 saturated carbocycles. The zero-order chi connectivity index (χ0) is 22.9. The third-order valence-corrected chi connectivity index (χ3v) is 7.11. The van der Waals surface area contributed by atoms with Gasteiger partial charge in [0.05, 0.1) is 34.8 Å². The summed E-state index contributed by atoms with van der Waals surface area (Å²) in [6.45, 7) is 1.51. The molecular formula is C23H23F2N7O. The molecule has 0 unspecified atom stereocenters. The van der Waals surface area contributed by atoms with Crippen LogP contribution in [-0.2, 0) is 0 Å². The van der Waals surface area contributed by atoms with E-state index in [1.165, 1.54) is 7.11 Å². The number of halogens is 2. The first-order chi connectivity index (χ1) is 16.0. The molecule has 0 radical (unpaired) electrons. The number of fused-ring (bicyclic) bond motifs is 3. The second-order valence-corrected chi connectivity index (χ2v) is 8.89. The van der Waals surface area contributed by atoms with E-state index in [1.54, 1.807) is 25.6 Å². The van der Waals surface area contributed by atoms with Gasteiger partial charge >= 0.3 is 6.01 Å². The van der Waals surface area contributed by atoms with E-state index < -0.39 is 11.6 Å². The number of aromatic amines is 1. The maximum absolute atomic E-state index is 15.3. The topological polar surface area (TPSA) is 105 Å². The average Bonchev–Trinajstić information content (AvgIpc) is 3.16. The lowest BCUT2D eigenvalue weighted by Crippen LogP contribution is -2.23. The minimum atomic E-state index is -0.918. The number of rotatable bonds is 4. The molecule has 1 aliphatic heterocycles. The van der Waals surface area contributed by atoms with Gasteiger partial charge in [-0.3, -0.25) is 0 Å². The Hall–Kier alpha value is -3.53. The number of benzene rings is 1. The van der Waals surface area contributed by atoms with Crippen LogP contribution >= 0.6 is 0 Å². The quantitative estimate of drug-likeness (QED) is 0.437. The van der Waals surface area contributed by atoms with Gasteiger partial charge in [-0.05, 0) is 12.8 Å². The van der Waals surface area contributed by atoms with Crippen molar-refractivity contribution in [3.05, 3.63) is 36.3 Å². The van der Waals surface area contributed by atoms with Crippen molar-refractivity contribution >= 4 is 33.3 Å². The second kappa shape index (κ2) is 6.98. The Kier molecular flexibility index (Phi) is 4.25. The number of anilines is 2. The lowest BCUT2D eigenvalue weighted by molar-refractivity contribution is 0.380. The molecule has 8 nitrogen and oxygen atoms in total. The first-order valence-electron chi connectivity index (χ1n) is 10.8. The summed E-state index contributed by atoms with van der Waals surface area (Å²) in [5, 5.41) is 3.66. The summed E-state index contributed by atoms with van der Waals surface area (Å²) in [4.78, 5) is 18.4. The third kappa shape index (κ3) is 2.86. The molecule has 1 spiro atoms. The molecule has 170 valence electrons. The number of H-pyrrole nitrogens is 1. The van der Waals surface area contributed by atoms with E-state index in [2.05, 4.69) is 30.2 Å². The van der Waals surface area contributed by atoms with E-state index in [-0.39, 0.29) is 22.9 Å². The summed E-state index contributed by atoms with van der Waals surface area (Å²) in [7, 11) is 3.17. The highest BCUT2D eigenvalue weighted by molar-refractivity contribution is 6.18. The number of methoxy groups -OCH3 is 1. The molecule has 4 heterocycles. The van der Waals surface area contributed by atoms with Gasteiger partial charge in [0.1, 0.15) is 5.65 Å². The number of hydrogen-bond acceptors (Lipinski definition) is 7. The van der Waals surface area contributed by atoms with Crippen molar-refractivity contribution < 1.29 is 13.5 Å². The van der Waals surface area contributed by atoms with E-state index in [0.29, 0.717) is 27.8 Å². The first kappa shape index (κ1) is 20.1. The highest BCUT2D eigenvalue weighted by Crippen LogP contribution is 2.54. The lowest BCUT2D eigenvalue weighted by atomic mass is 10.0. The molecule has 2 fully saturated rings. The van der Waals surface area contributed by atoms with Crippen LogP contribution in [0.3, 0.4) is 0 Å². The minimum absolute atomic E-state index is 0.0787. The van der Waals surface area contributed by atoms with Crippen LogP contribution in [0.15, 0.2) is 24.7 Å². The largest absolute Gasteiger partial charge is 0.467 e. The second-order valence-electron chi connectivity index (χ2n) is 8.89. The summed E-state index contributed by atoms with van der Waals surface area (Å²) >= 11 is 0. The predicted octanol–water partition coefficient (Wildman–Crippen LogP) is 3.43. The van der Waals surface area contributed by atoms with Gasteiger partial charge in [0.2, 0.25) is 0 Å². The van der Waals surface area contributed by atoms with Gasteiger partial charge in [0.15, 0.2) is 11.6 Å². The van der Waals surface area contributed by atoms with Gasteiger partial charge in [-0.25, -0.2) is 23.7 Å². The van der Waals surface area contributed by atoms with E-state index in [9.17, 15) is 4.39 Å². The van der Waals surface area contributed by atoms with Crippen LogP contribution in [0.1, 0.15) is 12.8 Å². The maximum atomic E-state index is 15.3. The number of hydrogen-bond donors (Lipinski definition) is 3. The summed E-state index contributed by atoms with van der Waals surface area (Å²) in [6.07, 6.45) is 6.95. The Labute approximate surface area is 188 Å². The standard InChI is InChI=1S/C23H23F2N7O/c1-27-14-5-13(24)18(25)16-17-20(32-4-3-23(10-32)6-15(23)26)12(9-28-21(17)31-19(14)16)11-7-29-22(33-2)30-8-11/h5,7-9,15,27H,3-4,6,10,26H2,1-2H3,(H,28,31)/t15-,23-/m1/s1. The molecule has 6 rings (SSSR count). The molecule has 1 saturated heterocycles. The molecule has 3 aromatic heterocycles. The summed E-state index contributed by atoms with van der Waals surface area (Å²) < 4.78 is 34.9. The zero-order valence-corrected chi connectivity index (χ0v) is 18.2. The fourth-order valence-corrected chi connectivity index (χ4v) is 5.17. The van der Waals surface area contributed by atoms with Gasteiger partial charge in [-0.15, -0.1) is 0 Å². The van der Waals surface area contributed by atoms with Crippen molar-refractivity contribution in [3.8, 4) is 17.1 Å². The molecule has 0 amide bonds. The Morgan fingerprint density at radius 2 is 1.97 bits per heavy atom. The van der Waals surface area contributed by atoms with Crippen LogP contribution in [0.2, 0.25) is 0 Å². The molecule has 2 aliphatic rings. The third-order valence-electron chi connectivity index (χ3n) is 7.11. The maximum Gasteiger partial charge on any atom is 0.316 e. The van der Waals surface area contributed by atoms with Gasteiger partial charge in [-0.2, -0.15) is 0 Å².